The molecule has 0 spiro atoms. The highest BCUT2D eigenvalue weighted by molar-refractivity contribution is 9.10. The van der Waals surface area contributed by atoms with E-state index in [9.17, 15) is 9.90 Å². The fourth-order valence-corrected chi connectivity index (χ4v) is 2.46. The molecular formula is C16H13BrN4O2. The Kier molecular flexibility index (Phi) is 4.38. The van der Waals surface area contributed by atoms with Gasteiger partial charge in [0.2, 0.25) is 5.91 Å². The van der Waals surface area contributed by atoms with Gasteiger partial charge < -0.3 is 10.1 Å². The molecule has 0 bridgehead atoms. The van der Waals surface area contributed by atoms with Crippen molar-refractivity contribution in [2.45, 2.75) is 6.42 Å². The van der Waals surface area contributed by atoms with Crippen molar-refractivity contribution in [3.05, 3.63) is 58.3 Å². The van der Waals surface area contributed by atoms with Crippen LogP contribution in [0.15, 0.2) is 52.0 Å². The maximum Gasteiger partial charge on any atom is 0.247 e. The van der Waals surface area contributed by atoms with Gasteiger partial charge in [0.15, 0.2) is 0 Å². The van der Waals surface area contributed by atoms with Crippen LogP contribution in [0.2, 0.25) is 0 Å². The van der Waals surface area contributed by atoms with Crippen molar-refractivity contribution in [1.29, 1.82) is 0 Å². The number of aromatic nitrogens is 2. The van der Waals surface area contributed by atoms with Gasteiger partial charge in [-0.1, -0.05) is 28.1 Å². The van der Waals surface area contributed by atoms with Crippen molar-refractivity contribution in [2.75, 3.05) is 0 Å². The van der Waals surface area contributed by atoms with Crippen LogP contribution in [0.5, 0.6) is 5.75 Å². The number of para-hydroxylation sites is 2. The number of aromatic hydroxyl groups is 1. The van der Waals surface area contributed by atoms with Crippen LogP contribution < -0.4 is 5.43 Å². The minimum Gasteiger partial charge on any atom is -0.507 e. The Morgan fingerprint density at radius 2 is 2.17 bits per heavy atom. The summed E-state index contributed by atoms with van der Waals surface area (Å²) >= 11 is 3.31. The molecule has 1 heterocycles. The first-order valence-electron chi connectivity index (χ1n) is 6.86. The molecule has 0 radical (unpaired) electrons. The molecule has 3 N–H and O–H groups in total. The fourth-order valence-electron chi connectivity index (χ4n) is 2.08. The van der Waals surface area contributed by atoms with E-state index in [1.165, 1.54) is 6.21 Å². The van der Waals surface area contributed by atoms with Gasteiger partial charge in [-0.3, -0.25) is 4.79 Å². The van der Waals surface area contributed by atoms with E-state index in [2.05, 4.69) is 36.4 Å². The third-order valence-electron chi connectivity index (χ3n) is 3.15. The van der Waals surface area contributed by atoms with E-state index in [-0.39, 0.29) is 18.1 Å². The number of H-pyrrole nitrogens is 1. The van der Waals surface area contributed by atoms with Crippen molar-refractivity contribution in [1.82, 2.24) is 15.4 Å². The van der Waals surface area contributed by atoms with Crippen LogP contribution in [-0.2, 0) is 11.2 Å². The van der Waals surface area contributed by atoms with Crippen molar-refractivity contribution in [3.8, 4) is 5.75 Å². The van der Waals surface area contributed by atoms with Gasteiger partial charge in [-0.2, -0.15) is 5.10 Å². The zero-order chi connectivity index (χ0) is 16.2. The van der Waals surface area contributed by atoms with Gasteiger partial charge >= 0.3 is 0 Å². The number of halogens is 1. The lowest BCUT2D eigenvalue weighted by Crippen LogP contribution is -2.20. The smallest absolute Gasteiger partial charge is 0.247 e. The second-order valence-corrected chi connectivity index (χ2v) is 5.79. The summed E-state index contributed by atoms with van der Waals surface area (Å²) in [5.74, 6) is 0.363. The van der Waals surface area contributed by atoms with Crippen LogP contribution in [-0.4, -0.2) is 27.2 Å². The zero-order valence-electron chi connectivity index (χ0n) is 12.0. The van der Waals surface area contributed by atoms with E-state index < -0.39 is 0 Å². The number of amides is 1. The lowest BCUT2D eigenvalue weighted by Gasteiger charge is -2.00. The molecule has 0 aliphatic rings. The van der Waals surface area contributed by atoms with Gasteiger partial charge in [0.1, 0.15) is 11.6 Å². The van der Waals surface area contributed by atoms with E-state index >= 15 is 0 Å². The highest BCUT2D eigenvalue weighted by Gasteiger charge is 2.07. The summed E-state index contributed by atoms with van der Waals surface area (Å²) in [6.07, 6.45) is 1.48. The second-order valence-electron chi connectivity index (χ2n) is 4.87. The minimum atomic E-state index is -0.296. The number of fused-ring (bicyclic) bond motifs is 1. The number of imidazole rings is 1. The molecular weight excluding hydrogens is 360 g/mol. The molecule has 3 rings (SSSR count). The van der Waals surface area contributed by atoms with Gasteiger partial charge in [0, 0.05) is 10.0 Å². The maximum absolute atomic E-state index is 11.9. The lowest BCUT2D eigenvalue weighted by atomic mass is 10.2. The third-order valence-corrected chi connectivity index (χ3v) is 3.64. The first-order chi connectivity index (χ1) is 11.1. The SMILES string of the molecule is O=C(Cc1nc2ccccc2[nH]1)N/N=C\c1cc(Br)ccc1O. The van der Waals surface area contributed by atoms with Crippen molar-refractivity contribution >= 4 is 39.1 Å². The normalized spacial score (nSPS) is 11.2. The van der Waals surface area contributed by atoms with E-state index in [1.807, 2.05) is 24.3 Å². The molecule has 0 saturated carbocycles. The van der Waals surface area contributed by atoms with E-state index in [1.54, 1.807) is 18.2 Å². The number of hydrogen-bond acceptors (Lipinski definition) is 4. The van der Waals surface area contributed by atoms with Crippen molar-refractivity contribution in [2.24, 2.45) is 5.10 Å². The molecule has 23 heavy (non-hydrogen) atoms. The largest absolute Gasteiger partial charge is 0.507 e. The molecule has 0 fully saturated rings. The Bertz CT molecular complexity index is 856. The molecule has 3 aromatic rings. The average Bonchev–Trinajstić information content (AvgIpc) is 2.92. The van der Waals surface area contributed by atoms with E-state index in [0.29, 0.717) is 11.4 Å². The molecule has 1 aromatic heterocycles. The molecule has 1 amide bonds. The number of benzene rings is 2. The van der Waals surface area contributed by atoms with Crippen LogP contribution >= 0.6 is 15.9 Å². The number of hydrogen-bond donors (Lipinski definition) is 3. The predicted octanol–water partition coefficient (Wildman–Crippen LogP) is 2.72. The average molecular weight is 373 g/mol. The summed E-state index contributed by atoms with van der Waals surface area (Å²) in [5.41, 5.74) is 4.62. The van der Waals surface area contributed by atoms with E-state index in [4.69, 9.17) is 0 Å². The first-order valence-corrected chi connectivity index (χ1v) is 7.65. The lowest BCUT2D eigenvalue weighted by molar-refractivity contribution is -0.120. The first kappa shape index (κ1) is 15.2. The standard InChI is InChI=1S/C16H13BrN4O2/c17-11-5-6-14(22)10(7-11)9-18-21-16(23)8-15-19-12-3-1-2-4-13(12)20-15/h1-7,9,22H,8H2,(H,19,20)(H,21,23)/b18-9-. The predicted molar refractivity (Wildman–Crippen MR) is 91.3 cm³/mol. The van der Waals surface area contributed by atoms with Gasteiger partial charge in [-0.25, -0.2) is 10.4 Å². The molecule has 7 heteroatoms. The Balaban J connectivity index is 1.63. The van der Waals surface area contributed by atoms with Crippen LogP contribution in [0.4, 0.5) is 0 Å². The molecule has 0 unspecified atom stereocenters. The molecule has 116 valence electrons. The number of rotatable bonds is 4. The monoisotopic (exact) mass is 372 g/mol. The second kappa shape index (κ2) is 6.62. The van der Waals surface area contributed by atoms with Crippen LogP contribution in [0.3, 0.4) is 0 Å². The summed E-state index contributed by atoms with van der Waals surface area (Å²) in [6.45, 7) is 0. The molecule has 0 aliphatic heterocycles. The minimum absolute atomic E-state index is 0.0866. The fraction of sp³-hybridized carbons (Fsp3) is 0.0625. The summed E-state index contributed by atoms with van der Waals surface area (Å²) in [7, 11) is 0. The highest BCUT2D eigenvalue weighted by Crippen LogP contribution is 2.19. The number of phenols is 1. The summed E-state index contributed by atoms with van der Waals surface area (Å²) in [6, 6.07) is 12.5. The number of aromatic amines is 1. The number of carbonyl (C=O) groups is 1. The van der Waals surface area contributed by atoms with Gasteiger partial charge in [0.25, 0.3) is 0 Å². The number of carbonyl (C=O) groups excluding carboxylic acids is 1. The topological polar surface area (TPSA) is 90.4 Å². The van der Waals surface area contributed by atoms with Crippen molar-refractivity contribution in [3.63, 3.8) is 0 Å². The van der Waals surface area contributed by atoms with Crippen LogP contribution in [0.25, 0.3) is 11.0 Å². The Morgan fingerprint density at radius 3 is 3.00 bits per heavy atom. The number of phenolic OH excluding ortho intramolecular Hbond substituents is 1. The molecule has 2 aromatic carbocycles. The molecule has 6 nitrogen and oxygen atoms in total. The zero-order valence-corrected chi connectivity index (χ0v) is 13.5. The van der Waals surface area contributed by atoms with Gasteiger partial charge in [-0.15, -0.1) is 0 Å². The van der Waals surface area contributed by atoms with Crippen LogP contribution in [0.1, 0.15) is 11.4 Å². The number of nitrogens with one attached hydrogen (secondary N) is 2. The Hall–Kier alpha value is -2.67. The Morgan fingerprint density at radius 1 is 1.35 bits per heavy atom. The summed E-state index contributed by atoms with van der Waals surface area (Å²) < 4.78 is 0.811. The number of nitrogens with zero attached hydrogens (tertiary/aromatic N) is 2. The van der Waals surface area contributed by atoms with Gasteiger partial charge in [0.05, 0.1) is 23.7 Å². The van der Waals surface area contributed by atoms with Gasteiger partial charge in [-0.05, 0) is 30.3 Å². The third kappa shape index (κ3) is 3.75. The quantitative estimate of drug-likeness (QED) is 0.485. The Labute approximate surface area is 140 Å². The molecule has 0 aliphatic carbocycles. The summed E-state index contributed by atoms with van der Waals surface area (Å²) in [5, 5.41) is 13.5. The van der Waals surface area contributed by atoms with Crippen LogP contribution in [0, 0.1) is 0 Å². The van der Waals surface area contributed by atoms with Crippen molar-refractivity contribution < 1.29 is 9.90 Å². The summed E-state index contributed by atoms with van der Waals surface area (Å²) in [4.78, 5) is 19.3. The van der Waals surface area contributed by atoms with E-state index in [0.717, 1.165) is 15.5 Å². The highest BCUT2D eigenvalue weighted by atomic mass is 79.9. The number of hydrazone groups is 1. The molecule has 0 atom stereocenters. The maximum atomic E-state index is 11.9. The molecule has 0 saturated heterocycles.